The number of aromatic nitrogens is 2. The Labute approximate surface area is 257 Å². The highest BCUT2D eigenvalue weighted by Gasteiger charge is 2.57. The molecule has 43 heavy (non-hydrogen) atoms. The Balaban J connectivity index is 1.85. The molecule has 0 bridgehead atoms. The van der Waals surface area contributed by atoms with E-state index in [9.17, 15) is 9.59 Å². The molecule has 1 saturated heterocycles. The van der Waals surface area contributed by atoms with Gasteiger partial charge in [-0.25, -0.2) is 4.79 Å². The van der Waals surface area contributed by atoms with Crippen LogP contribution in [-0.2, 0) is 13.6 Å². The van der Waals surface area contributed by atoms with Crippen molar-refractivity contribution in [3.8, 4) is 12.3 Å². The first kappa shape index (κ1) is 32.9. The van der Waals surface area contributed by atoms with Gasteiger partial charge in [0.15, 0.2) is 13.9 Å². The molecule has 9 heteroatoms. The summed E-state index contributed by atoms with van der Waals surface area (Å²) in [6.45, 7) is 19.3. The highest BCUT2D eigenvalue weighted by Crippen LogP contribution is 2.46. The van der Waals surface area contributed by atoms with Crippen molar-refractivity contribution < 1.29 is 13.6 Å². The van der Waals surface area contributed by atoms with Gasteiger partial charge in [0, 0.05) is 18.2 Å². The van der Waals surface area contributed by atoms with Gasteiger partial charge in [0.2, 0.25) is 0 Å². The molecule has 4 rings (SSSR count). The third-order valence-corrected chi connectivity index (χ3v) is 18.6. The van der Waals surface area contributed by atoms with Crippen LogP contribution in [0.3, 0.4) is 0 Å². The van der Waals surface area contributed by atoms with E-state index in [4.69, 9.17) is 20.0 Å². The highest BCUT2D eigenvalue weighted by atomic mass is 28.4. The number of H-pyrrole nitrogens is 1. The molecule has 1 N–H and O–H groups in total. The fraction of sp³-hybridized carbons (Fsp3) is 0.471. The monoisotopic (exact) mass is 618 g/mol. The van der Waals surface area contributed by atoms with Crippen molar-refractivity contribution in [2.24, 2.45) is 0 Å². The van der Waals surface area contributed by atoms with Crippen molar-refractivity contribution in [1.29, 1.82) is 0 Å². The first-order valence-electron chi connectivity index (χ1n) is 14.9. The van der Waals surface area contributed by atoms with E-state index in [2.05, 4.69) is 89.8 Å². The van der Waals surface area contributed by atoms with Gasteiger partial charge in [0.25, 0.3) is 13.9 Å². The fourth-order valence-electron chi connectivity index (χ4n) is 5.66. The summed E-state index contributed by atoms with van der Waals surface area (Å²) in [7, 11) is -5.31. The zero-order chi connectivity index (χ0) is 31.8. The van der Waals surface area contributed by atoms with Gasteiger partial charge in [-0.1, -0.05) is 108 Å². The second kappa shape index (κ2) is 11.8. The van der Waals surface area contributed by atoms with Crippen molar-refractivity contribution in [3.05, 3.63) is 93.3 Å². The molecule has 1 aliphatic heterocycles. The van der Waals surface area contributed by atoms with Crippen LogP contribution in [0.1, 0.15) is 59.8 Å². The summed E-state index contributed by atoms with van der Waals surface area (Å²) >= 11 is 0. The van der Waals surface area contributed by atoms with E-state index in [1.165, 1.54) is 10.8 Å². The Kier molecular flexibility index (Phi) is 9.05. The number of rotatable bonds is 8. The second-order valence-electron chi connectivity index (χ2n) is 14.1. The van der Waals surface area contributed by atoms with Gasteiger partial charge in [0.05, 0.1) is 12.7 Å². The van der Waals surface area contributed by atoms with Crippen LogP contribution in [0.5, 0.6) is 0 Å². The quantitative estimate of drug-likeness (QED) is 0.281. The molecule has 1 fully saturated rings. The molecule has 1 aliphatic rings. The van der Waals surface area contributed by atoms with Crippen LogP contribution in [0, 0.1) is 19.3 Å². The summed E-state index contributed by atoms with van der Waals surface area (Å²) in [5.74, 6) is 2.96. The van der Waals surface area contributed by atoms with Crippen LogP contribution >= 0.6 is 0 Å². The van der Waals surface area contributed by atoms with Crippen LogP contribution in [0.4, 0.5) is 0 Å². The van der Waals surface area contributed by atoms with Crippen molar-refractivity contribution in [1.82, 2.24) is 9.55 Å². The lowest BCUT2D eigenvalue weighted by atomic mass is 9.99. The Morgan fingerprint density at radius 2 is 1.51 bits per heavy atom. The topological polar surface area (TPSA) is 82.5 Å². The maximum Gasteiger partial charge on any atom is 0.330 e. The van der Waals surface area contributed by atoms with Crippen molar-refractivity contribution in [2.45, 2.75) is 96.0 Å². The van der Waals surface area contributed by atoms with Crippen molar-refractivity contribution in [3.63, 3.8) is 0 Å². The number of aryl methyl sites for hydroxylation is 1. The van der Waals surface area contributed by atoms with Crippen LogP contribution in [0.25, 0.3) is 0 Å². The number of hydrogen-bond acceptors (Lipinski definition) is 5. The van der Waals surface area contributed by atoms with E-state index >= 15 is 0 Å². The van der Waals surface area contributed by atoms with Gasteiger partial charge in [-0.3, -0.25) is 14.3 Å². The molecule has 7 nitrogen and oxygen atoms in total. The molecule has 0 amide bonds. The summed E-state index contributed by atoms with van der Waals surface area (Å²) in [5, 5.41) is 1.90. The third-order valence-electron chi connectivity index (χ3n) is 9.15. The molecule has 1 aromatic heterocycles. The normalized spacial score (nSPS) is 21.5. The predicted molar refractivity (Wildman–Crippen MR) is 178 cm³/mol. The molecule has 3 unspecified atom stereocenters. The average molecular weight is 619 g/mol. The minimum absolute atomic E-state index is 0.0731. The minimum atomic E-state index is -2.97. The molecule has 0 aliphatic carbocycles. The van der Waals surface area contributed by atoms with E-state index in [-0.39, 0.29) is 16.7 Å². The van der Waals surface area contributed by atoms with Crippen molar-refractivity contribution >= 4 is 27.0 Å². The Morgan fingerprint density at radius 1 is 0.977 bits per heavy atom. The van der Waals surface area contributed by atoms with E-state index < -0.39 is 45.8 Å². The SMILES string of the molecule is C#CC1(CO[Si](c2ccccc2)(c2ccccc2)C(C)(C)C)OC(n2cc(C)c(=O)[nH]c2=O)CC1O[Si](C)(C)C(C)(C)C. The van der Waals surface area contributed by atoms with E-state index in [1.54, 1.807) is 6.92 Å². The third kappa shape index (κ3) is 6.17. The lowest BCUT2D eigenvalue weighted by Crippen LogP contribution is -2.68. The van der Waals surface area contributed by atoms with E-state index in [0.717, 1.165) is 10.4 Å². The molecule has 0 saturated carbocycles. The van der Waals surface area contributed by atoms with E-state index in [1.807, 2.05) is 36.4 Å². The van der Waals surface area contributed by atoms with Gasteiger partial charge >= 0.3 is 5.69 Å². The largest absolute Gasteiger partial charge is 0.410 e. The predicted octanol–water partition coefficient (Wildman–Crippen LogP) is 5.10. The van der Waals surface area contributed by atoms with Gasteiger partial charge in [0.1, 0.15) is 6.23 Å². The number of nitrogens with zero attached hydrogens (tertiary/aromatic N) is 1. The van der Waals surface area contributed by atoms with Crippen LogP contribution in [-0.4, -0.2) is 44.5 Å². The zero-order valence-corrected chi connectivity index (χ0v) is 29.0. The standard InChI is InChI=1S/C34H46N2O5Si2/c1-11-34(24-39-43(33(6,7)8,26-18-14-12-15-19-26)27-20-16-13-17-21-27)28(41-42(9,10)32(3,4)5)22-29(40-34)36-23-25(2)30(37)35-31(36)38/h1,12-21,23,28-29H,22,24H2,2-10H3,(H,35,37,38). The lowest BCUT2D eigenvalue weighted by molar-refractivity contribution is -0.0855. The Morgan fingerprint density at radius 3 is 1.98 bits per heavy atom. The molecule has 0 spiro atoms. The number of aromatic amines is 1. The maximum atomic E-state index is 13.0. The van der Waals surface area contributed by atoms with Gasteiger partial charge < -0.3 is 13.6 Å². The van der Waals surface area contributed by atoms with Crippen LogP contribution in [0.15, 0.2) is 76.4 Å². The Hall–Kier alpha value is -3.01. The van der Waals surface area contributed by atoms with Crippen LogP contribution in [0.2, 0.25) is 23.2 Å². The summed E-state index contributed by atoms with van der Waals surface area (Å²) < 4.78 is 22.4. The second-order valence-corrected chi connectivity index (χ2v) is 23.2. The zero-order valence-electron chi connectivity index (χ0n) is 27.0. The van der Waals surface area contributed by atoms with Gasteiger partial charge in [-0.05, 0) is 40.5 Å². The first-order chi connectivity index (χ1) is 20.0. The van der Waals surface area contributed by atoms with Gasteiger partial charge in [-0.15, -0.1) is 6.42 Å². The summed E-state index contributed by atoms with van der Waals surface area (Å²) in [4.78, 5) is 27.5. The number of ether oxygens (including phenoxy) is 1. The maximum absolute atomic E-state index is 13.0. The number of benzene rings is 2. The van der Waals surface area contributed by atoms with Gasteiger partial charge in [-0.2, -0.15) is 0 Å². The molecule has 2 aromatic carbocycles. The molecular weight excluding hydrogens is 573 g/mol. The van der Waals surface area contributed by atoms with E-state index in [0.29, 0.717) is 12.0 Å². The molecule has 3 atom stereocenters. The molecule has 230 valence electrons. The molecule has 0 radical (unpaired) electrons. The number of terminal acetylenes is 1. The first-order valence-corrected chi connectivity index (χ1v) is 19.7. The number of hydrogen-bond donors (Lipinski definition) is 1. The smallest absolute Gasteiger partial charge is 0.330 e. The summed E-state index contributed by atoms with van der Waals surface area (Å²) in [5.41, 5.74) is -1.85. The average Bonchev–Trinajstić information content (AvgIpc) is 3.28. The minimum Gasteiger partial charge on any atom is -0.410 e. The Bertz CT molecular complexity index is 1540. The van der Waals surface area contributed by atoms with Crippen LogP contribution < -0.4 is 21.6 Å². The summed E-state index contributed by atoms with van der Waals surface area (Å²) in [6.07, 6.45) is 6.98. The lowest BCUT2D eigenvalue weighted by Gasteiger charge is -2.46. The number of nitrogens with one attached hydrogen (secondary N) is 1. The molecule has 2 heterocycles. The molecular formula is C34H46N2O5Si2. The fourth-order valence-corrected chi connectivity index (χ4v) is 11.6. The highest BCUT2D eigenvalue weighted by molar-refractivity contribution is 6.99. The van der Waals surface area contributed by atoms with Crippen molar-refractivity contribution in [2.75, 3.05) is 6.61 Å². The summed E-state index contributed by atoms with van der Waals surface area (Å²) in [6, 6.07) is 20.7. The molecule has 3 aromatic rings.